The minimum absolute atomic E-state index is 0.152. The minimum atomic E-state index is -4.45. The van der Waals surface area contributed by atoms with E-state index in [1.54, 1.807) is 24.6 Å². The first kappa shape index (κ1) is 19.7. The molecule has 27 heavy (non-hydrogen) atoms. The van der Waals surface area contributed by atoms with Gasteiger partial charge in [-0.25, -0.2) is 0 Å². The van der Waals surface area contributed by atoms with Crippen molar-refractivity contribution in [3.05, 3.63) is 45.6 Å². The Morgan fingerprint density at radius 1 is 1.26 bits per heavy atom. The van der Waals surface area contributed by atoms with E-state index in [2.05, 4.69) is 26.1 Å². The number of alkyl halides is 3. The molecule has 2 aromatic heterocycles. The highest BCUT2D eigenvalue weighted by Gasteiger charge is 2.31. The number of halogens is 4. The molecule has 0 spiro atoms. The van der Waals surface area contributed by atoms with Crippen molar-refractivity contribution in [3.8, 4) is 5.82 Å². The van der Waals surface area contributed by atoms with Crippen LogP contribution in [0.25, 0.3) is 16.7 Å². The summed E-state index contributed by atoms with van der Waals surface area (Å²) in [5.41, 5.74) is 1.04. The minimum Gasteiger partial charge on any atom is -0.481 e. The Bertz CT molecular complexity index is 1050. The van der Waals surface area contributed by atoms with Crippen LogP contribution in [0.1, 0.15) is 16.7 Å². The van der Waals surface area contributed by atoms with Crippen molar-refractivity contribution in [2.75, 3.05) is 5.75 Å². The third kappa shape index (κ3) is 3.81. The largest absolute Gasteiger partial charge is 0.481 e. The Labute approximate surface area is 164 Å². The van der Waals surface area contributed by atoms with E-state index < -0.39 is 17.7 Å². The van der Waals surface area contributed by atoms with Crippen molar-refractivity contribution in [1.29, 1.82) is 0 Å². The van der Waals surface area contributed by atoms with Crippen LogP contribution >= 0.6 is 27.7 Å². The fourth-order valence-electron chi connectivity index (χ4n) is 2.60. The van der Waals surface area contributed by atoms with E-state index in [0.29, 0.717) is 31.8 Å². The molecule has 0 saturated carbocycles. The number of carboxylic acid groups (broad SMARTS) is 1. The van der Waals surface area contributed by atoms with Gasteiger partial charge in [0.05, 0.1) is 16.8 Å². The molecule has 142 valence electrons. The van der Waals surface area contributed by atoms with E-state index in [1.807, 2.05) is 0 Å². The second-order valence-corrected chi connectivity index (χ2v) is 7.66. The Kier molecular flexibility index (Phi) is 5.22. The molecule has 0 aliphatic heterocycles. The van der Waals surface area contributed by atoms with Crippen LogP contribution in [0.4, 0.5) is 13.2 Å². The maximum absolute atomic E-state index is 13.1. The van der Waals surface area contributed by atoms with E-state index in [4.69, 9.17) is 5.11 Å². The summed E-state index contributed by atoms with van der Waals surface area (Å²) in [6.07, 6.45) is -2.81. The number of hydrogen-bond donors (Lipinski definition) is 1. The van der Waals surface area contributed by atoms with Crippen LogP contribution in [-0.2, 0) is 11.0 Å². The summed E-state index contributed by atoms with van der Waals surface area (Å²) in [6, 6.07) is 3.52. The fraction of sp³-hybridized carbons (Fsp3) is 0.235. The molecule has 0 bridgehead atoms. The third-order valence-corrected chi connectivity index (χ3v) is 5.78. The van der Waals surface area contributed by atoms with Crippen molar-refractivity contribution in [1.82, 2.24) is 14.8 Å². The van der Waals surface area contributed by atoms with Gasteiger partial charge in [0, 0.05) is 16.1 Å². The van der Waals surface area contributed by atoms with Gasteiger partial charge in [0.25, 0.3) is 0 Å². The summed E-state index contributed by atoms with van der Waals surface area (Å²) < 4.78 is 41.5. The lowest BCUT2D eigenvalue weighted by Crippen LogP contribution is -2.08. The highest BCUT2D eigenvalue weighted by molar-refractivity contribution is 9.10. The molecule has 5 nitrogen and oxygen atoms in total. The summed E-state index contributed by atoms with van der Waals surface area (Å²) >= 11 is 4.42. The van der Waals surface area contributed by atoms with E-state index in [0.717, 1.165) is 29.5 Å². The normalized spacial score (nSPS) is 11.9. The predicted octanol–water partition coefficient (Wildman–Crippen LogP) is 5.00. The Hall–Kier alpha value is -2.07. The van der Waals surface area contributed by atoms with Crippen molar-refractivity contribution in [3.63, 3.8) is 0 Å². The van der Waals surface area contributed by atoms with Gasteiger partial charge in [0.2, 0.25) is 0 Å². The van der Waals surface area contributed by atoms with Crippen LogP contribution in [0, 0.1) is 13.8 Å². The van der Waals surface area contributed by atoms with Gasteiger partial charge >= 0.3 is 12.1 Å². The molecule has 0 radical (unpaired) electrons. The van der Waals surface area contributed by atoms with E-state index >= 15 is 0 Å². The molecule has 0 saturated heterocycles. The second-order valence-electron chi connectivity index (χ2n) is 5.84. The number of carboxylic acids is 1. The topological polar surface area (TPSA) is 68.0 Å². The molecule has 1 N–H and O–H groups in total. The van der Waals surface area contributed by atoms with Gasteiger partial charge in [0.1, 0.15) is 5.03 Å². The van der Waals surface area contributed by atoms with E-state index in [-0.39, 0.29) is 5.75 Å². The summed E-state index contributed by atoms with van der Waals surface area (Å²) in [6.45, 7) is 3.55. The number of rotatable bonds is 4. The molecule has 0 atom stereocenters. The Balaban J connectivity index is 2.15. The lowest BCUT2D eigenvalue weighted by atomic mass is 10.1. The molecular formula is C17H13BrF3N3O2S. The highest BCUT2D eigenvalue weighted by atomic mass is 79.9. The average Bonchev–Trinajstić information content (AvgIpc) is 2.91. The molecule has 0 fully saturated rings. The van der Waals surface area contributed by atoms with Gasteiger partial charge in [-0.1, -0.05) is 17.8 Å². The number of thioether (sulfide) groups is 1. The lowest BCUT2D eigenvalue weighted by molar-refractivity contribution is -0.137. The van der Waals surface area contributed by atoms with E-state index in [1.165, 1.54) is 6.07 Å². The quantitative estimate of drug-likeness (QED) is 0.556. The van der Waals surface area contributed by atoms with Gasteiger partial charge in [-0.05, 0) is 53.0 Å². The molecule has 3 aromatic rings. The molecule has 2 heterocycles. The number of nitrogens with zero attached hydrogens (tertiary/aromatic N) is 3. The molecule has 3 rings (SSSR count). The maximum atomic E-state index is 13.1. The average molecular weight is 460 g/mol. The first-order valence-electron chi connectivity index (χ1n) is 7.66. The Morgan fingerprint density at radius 2 is 1.96 bits per heavy atom. The molecule has 0 amide bonds. The monoisotopic (exact) mass is 459 g/mol. The SMILES string of the molecule is Cc1c(SCC(=O)O)nnc(-n2cc(Br)c3ccc(C(F)(F)F)cc32)c1C. The van der Waals surface area contributed by atoms with Gasteiger partial charge in [-0.15, -0.1) is 10.2 Å². The lowest BCUT2D eigenvalue weighted by Gasteiger charge is -2.13. The smallest absolute Gasteiger partial charge is 0.416 e. The summed E-state index contributed by atoms with van der Waals surface area (Å²) in [7, 11) is 0. The van der Waals surface area contributed by atoms with Gasteiger partial charge in [0.15, 0.2) is 5.82 Å². The number of aromatic nitrogens is 3. The zero-order valence-corrected chi connectivity index (χ0v) is 16.5. The van der Waals surface area contributed by atoms with Crippen molar-refractivity contribution >= 4 is 44.6 Å². The third-order valence-electron chi connectivity index (χ3n) is 4.10. The van der Waals surface area contributed by atoms with Crippen molar-refractivity contribution < 1.29 is 23.1 Å². The van der Waals surface area contributed by atoms with Gasteiger partial charge in [-0.2, -0.15) is 13.2 Å². The first-order chi connectivity index (χ1) is 12.6. The van der Waals surface area contributed by atoms with Gasteiger partial charge in [-0.3, -0.25) is 9.36 Å². The zero-order valence-electron chi connectivity index (χ0n) is 14.1. The standard InChI is InChI=1S/C17H13BrF3N3O2S/c1-8-9(2)16(27-7-14(25)26)23-22-15(8)24-6-12(18)11-4-3-10(5-13(11)24)17(19,20)21/h3-6H,7H2,1-2H3,(H,25,26). The molecule has 0 aliphatic rings. The van der Waals surface area contributed by atoms with Crippen LogP contribution in [0.2, 0.25) is 0 Å². The number of hydrogen-bond acceptors (Lipinski definition) is 4. The van der Waals surface area contributed by atoms with Crippen LogP contribution in [-0.4, -0.2) is 31.6 Å². The molecule has 1 aromatic carbocycles. The van der Waals surface area contributed by atoms with Crippen molar-refractivity contribution in [2.24, 2.45) is 0 Å². The van der Waals surface area contributed by atoms with Crippen LogP contribution in [0.5, 0.6) is 0 Å². The first-order valence-corrected chi connectivity index (χ1v) is 9.44. The number of carbonyl (C=O) groups is 1. The number of benzene rings is 1. The summed E-state index contributed by atoms with van der Waals surface area (Å²) in [4.78, 5) is 10.7. The summed E-state index contributed by atoms with van der Waals surface area (Å²) in [5.74, 6) is -0.730. The summed E-state index contributed by atoms with van der Waals surface area (Å²) in [5, 5.41) is 18.1. The number of fused-ring (bicyclic) bond motifs is 1. The maximum Gasteiger partial charge on any atom is 0.416 e. The Morgan fingerprint density at radius 3 is 2.59 bits per heavy atom. The zero-order chi connectivity index (χ0) is 19.9. The van der Waals surface area contributed by atoms with E-state index in [9.17, 15) is 18.0 Å². The molecular weight excluding hydrogens is 447 g/mol. The molecule has 10 heteroatoms. The van der Waals surface area contributed by atoms with Crippen LogP contribution < -0.4 is 0 Å². The number of aliphatic carboxylic acids is 1. The predicted molar refractivity (Wildman–Crippen MR) is 99.4 cm³/mol. The van der Waals surface area contributed by atoms with Gasteiger partial charge < -0.3 is 5.11 Å². The van der Waals surface area contributed by atoms with Crippen molar-refractivity contribution in [2.45, 2.75) is 25.0 Å². The van der Waals surface area contributed by atoms with Crippen LogP contribution in [0.15, 0.2) is 33.9 Å². The highest BCUT2D eigenvalue weighted by Crippen LogP contribution is 2.36. The second kappa shape index (κ2) is 7.16. The fourth-order valence-corrected chi connectivity index (χ4v) is 3.87. The molecule has 0 unspecified atom stereocenters. The molecule has 0 aliphatic carbocycles. The van der Waals surface area contributed by atoms with Crippen LogP contribution in [0.3, 0.4) is 0 Å².